The molecule has 1 aromatic rings. The second kappa shape index (κ2) is 8.03. The molecule has 1 aliphatic heterocycles. The lowest BCUT2D eigenvalue weighted by Crippen LogP contribution is -2.40. The lowest BCUT2D eigenvalue weighted by atomic mass is 9.77. The van der Waals surface area contributed by atoms with Crippen LogP contribution in [0.3, 0.4) is 0 Å². The van der Waals surface area contributed by atoms with Gasteiger partial charge in [-0.25, -0.2) is 0 Å². The number of fused-ring (bicyclic) bond motifs is 1. The van der Waals surface area contributed by atoms with Crippen molar-refractivity contribution < 1.29 is 4.74 Å². The van der Waals surface area contributed by atoms with Gasteiger partial charge < -0.3 is 10.1 Å². The van der Waals surface area contributed by atoms with Crippen LogP contribution >= 0.6 is 12.4 Å². The van der Waals surface area contributed by atoms with E-state index >= 15 is 0 Å². The van der Waals surface area contributed by atoms with Crippen molar-refractivity contribution in [2.45, 2.75) is 84.1 Å². The molecule has 3 heteroatoms. The van der Waals surface area contributed by atoms with Crippen molar-refractivity contribution in [1.82, 2.24) is 0 Å². The van der Waals surface area contributed by atoms with Crippen LogP contribution in [0.15, 0.2) is 12.1 Å². The van der Waals surface area contributed by atoms with E-state index in [0.29, 0.717) is 11.8 Å². The zero-order chi connectivity index (χ0) is 17.3. The molecule has 1 aromatic carbocycles. The van der Waals surface area contributed by atoms with Crippen molar-refractivity contribution in [2.24, 2.45) is 0 Å². The van der Waals surface area contributed by atoms with Gasteiger partial charge in [0, 0.05) is 16.8 Å². The van der Waals surface area contributed by atoms with Crippen LogP contribution in [0.25, 0.3) is 6.08 Å². The highest BCUT2D eigenvalue weighted by molar-refractivity contribution is 5.85. The summed E-state index contributed by atoms with van der Waals surface area (Å²) in [5, 5.41) is 3.93. The number of ether oxygens (including phenoxy) is 1. The van der Waals surface area contributed by atoms with Crippen molar-refractivity contribution >= 4 is 24.2 Å². The van der Waals surface area contributed by atoms with Gasteiger partial charge in [0.2, 0.25) is 0 Å². The predicted octanol–water partition coefficient (Wildman–Crippen LogP) is 6.90. The first kappa shape index (κ1) is 20.2. The molecule has 1 saturated carbocycles. The smallest absolute Gasteiger partial charge is 0.126 e. The summed E-state index contributed by atoms with van der Waals surface area (Å²) in [6.07, 6.45) is 11.4. The highest BCUT2D eigenvalue weighted by Crippen LogP contribution is 2.46. The number of benzene rings is 1. The highest BCUT2D eigenvalue weighted by Gasteiger charge is 2.34. The monoisotopic (exact) mass is 363 g/mol. The Bertz CT molecular complexity index is 627. The van der Waals surface area contributed by atoms with Crippen LogP contribution in [0.5, 0.6) is 5.75 Å². The predicted molar refractivity (Wildman–Crippen MR) is 112 cm³/mol. The summed E-state index contributed by atoms with van der Waals surface area (Å²) in [6.45, 7) is 11.9. The Kier molecular flexibility index (Phi) is 6.48. The van der Waals surface area contributed by atoms with E-state index in [9.17, 15) is 0 Å². The molecule has 0 amide bonds. The Hall–Kier alpha value is -1.15. The largest absolute Gasteiger partial charge is 0.493 e. The first-order chi connectivity index (χ1) is 11.5. The van der Waals surface area contributed by atoms with Crippen LogP contribution < -0.4 is 10.1 Å². The van der Waals surface area contributed by atoms with Crippen molar-refractivity contribution in [2.75, 3.05) is 11.9 Å². The van der Waals surface area contributed by atoms with Crippen LogP contribution in [0, 0.1) is 0 Å². The molecular weight excluding hydrogens is 330 g/mol. The van der Waals surface area contributed by atoms with Crippen LogP contribution in [0.1, 0.15) is 95.2 Å². The van der Waals surface area contributed by atoms with Crippen LogP contribution in [-0.4, -0.2) is 12.1 Å². The van der Waals surface area contributed by atoms with Gasteiger partial charge >= 0.3 is 0 Å². The third kappa shape index (κ3) is 3.84. The zero-order valence-electron chi connectivity index (χ0n) is 16.4. The Morgan fingerprint density at radius 3 is 2.32 bits per heavy atom. The fourth-order valence-corrected chi connectivity index (χ4v) is 4.34. The fourth-order valence-electron chi connectivity index (χ4n) is 4.34. The van der Waals surface area contributed by atoms with E-state index in [1.165, 1.54) is 54.5 Å². The summed E-state index contributed by atoms with van der Waals surface area (Å²) in [4.78, 5) is 0. The third-order valence-electron chi connectivity index (χ3n) is 5.57. The molecule has 1 fully saturated rings. The standard InChI is InChI=1S/C22H33NO.ClH/c1-6-24-21-18(15(2)3)14-19-17(20(21)16(4)5)10-13-22(23-19)11-8-7-9-12-22;/h10,13-16,23H,6-9,11-12H2,1-5H3;1H. The van der Waals surface area contributed by atoms with E-state index in [1.807, 2.05) is 0 Å². The Morgan fingerprint density at radius 2 is 1.76 bits per heavy atom. The van der Waals surface area contributed by atoms with Crippen molar-refractivity contribution in [1.29, 1.82) is 0 Å². The van der Waals surface area contributed by atoms with E-state index in [4.69, 9.17) is 4.74 Å². The summed E-state index contributed by atoms with van der Waals surface area (Å²) >= 11 is 0. The topological polar surface area (TPSA) is 21.3 Å². The third-order valence-corrected chi connectivity index (χ3v) is 5.57. The van der Waals surface area contributed by atoms with Crippen LogP contribution in [-0.2, 0) is 0 Å². The van der Waals surface area contributed by atoms with E-state index < -0.39 is 0 Å². The quantitative estimate of drug-likeness (QED) is 0.628. The van der Waals surface area contributed by atoms with Gasteiger partial charge in [-0.1, -0.05) is 59.1 Å². The maximum absolute atomic E-state index is 6.13. The van der Waals surface area contributed by atoms with Crippen molar-refractivity contribution in [3.8, 4) is 5.75 Å². The molecule has 1 N–H and O–H groups in total. The molecule has 0 unspecified atom stereocenters. The minimum atomic E-state index is 0. The molecule has 1 spiro atoms. The van der Waals surface area contributed by atoms with Gasteiger partial charge in [0.25, 0.3) is 0 Å². The van der Waals surface area contributed by atoms with Gasteiger partial charge in [0.05, 0.1) is 12.1 Å². The summed E-state index contributed by atoms with van der Waals surface area (Å²) in [6, 6.07) is 2.36. The highest BCUT2D eigenvalue weighted by atomic mass is 35.5. The van der Waals surface area contributed by atoms with E-state index in [1.54, 1.807) is 0 Å². The Balaban J connectivity index is 0.00000225. The average molecular weight is 364 g/mol. The van der Waals surface area contributed by atoms with Crippen LogP contribution in [0.4, 0.5) is 5.69 Å². The lowest BCUT2D eigenvalue weighted by molar-refractivity contribution is 0.329. The van der Waals surface area contributed by atoms with E-state index in [0.717, 1.165) is 12.4 Å². The number of rotatable bonds is 4. The van der Waals surface area contributed by atoms with Gasteiger partial charge in [0.1, 0.15) is 5.75 Å². The molecule has 1 heterocycles. The molecule has 0 radical (unpaired) electrons. The number of hydrogen-bond acceptors (Lipinski definition) is 2. The molecule has 1 aliphatic carbocycles. The first-order valence-electron chi connectivity index (χ1n) is 9.78. The molecule has 0 aromatic heterocycles. The average Bonchev–Trinajstić information content (AvgIpc) is 2.54. The molecule has 2 nitrogen and oxygen atoms in total. The van der Waals surface area contributed by atoms with Crippen molar-refractivity contribution in [3.05, 3.63) is 28.8 Å². The summed E-state index contributed by atoms with van der Waals surface area (Å²) in [7, 11) is 0. The lowest BCUT2D eigenvalue weighted by Gasteiger charge is -2.40. The summed E-state index contributed by atoms with van der Waals surface area (Å²) in [5.74, 6) is 2.03. The second-order valence-electron chi connectivity index (χ2n) is 8.09. The normalized spacial score (nSPS) is 18.0. The number of nitrogens with one attached hydrogen (secondary N) is 1. The van der Waals surface area contributed by atoms with Gasteiger partial charge in [-0.2, -0.15) is 0 Å². The molecule has 3 rings (SSSR count). The molecular formula is C22H34ClNO. The van der Waals surface area contributed by atoms with E-state index in [-0.39, 0.29) is 17.9 Å². The van der Waals surface area contributed by atoms with E-state index in [2.05, 4.69) is 58.2 Å². The number of anilines is 1. The number of hydrogen-bond donors (Lipinski definition) is 1. The second-order valence-corrected chi connectivity index (χ2v) is 8.09. The molecule has 140 valence electrons. The summed E-state index contributed by atoms with van der Waals surface area (Å²) < 4.78 is 6.13. The molecule has 2 aliphatic rings. The summed E-state index contributed by atoms with van der Waals surface area (Å²) in [5.41, 5.74) is 5.55. The number of halogens is 1. The van der Waals surface area contributed by atoms with Crippen molar-refractivity contribution in [3.63, 3.8) is 0 Å². The Labute approximate surface area is 159 Å². The molecule has 25 heavy (non-hydrogen) atoms. The maximum atomic E-state index is 6.13. The molecule has 0 bridgehead atoms. The van der Waals surface area contributed by atoms with Gasteiger partial charge in [-0.3, -0.25) is 0 Å². The maximum Gasteiger partial charge on any atom is 0.126 e. The molecule has 0 atom stereocenters. The fraction of sp³-hybridized carbons (Fsp3) is 0.636. The van der Waals surface area contributed by atoms with Crippen LogP contribution in [0.2, 0.25) is 0 Å². The first-order valence-corrected chi connectivity index (χ1v) is 9.78. The SMILES string of the molecule is CCOc1c(C(C)C)cc2c(c1C(C)C)C=CC1(CCCCC1)N2.Cl. The van der Waals surface area contributed by atoms with Gasteiger partial charge in [-0.15, -0.1) is 12.4 Å². The zero-order valence-corrected chi connectivity index (χ0v) is 17.3. The molecule has 0 saturated heterocycles. The minimum Gasteiger partial charge on any atom is -0.493 e. The Morgan fingerprint density at radius 1 is 1.08 bits per heavy atom. The van der Waals surface area contributed by atoms with Gasteiger partial charge in [0.15, 0.2) is 0 Å². The minimum absolute atomic E-state index is 0. The van der Waals surface area contributed by atoms with Gasteiger partial charge in [-0.05, 0) is 43.2 Å².